The van der Waals surface area contributed by atoms with Crippen molar-refractivity contribution in [1.29, 1.82) is 0 Å². The Morgan fingerprint density at radius 2 is 2.05 bits per heavy atom. The number of benzene rings is 1. The molecule has 3 rings (SSSR count). The van der Waals surface area contributed by atoms with E-state index in [0.29, 0.717) is 27.7 Å². The van der Waals surface area contributed by atoms with Crippen LogP contribution in [-0.4, -0.2) is 18.0 Å². The van der Waals surface area contributed by atoms with E-state index in [2.05, 4.69) is 10.6 Å². The fourth-order valence-corrected chi connectivity index (χ4v) is 3.69. The first kappa shape index (κ1) is 14.2. The third kappa shape index (κ3) is 2.80. The average molecular weight is 313 g/mol. The summed E-state index contributed by atoms with van der Waals surface area (Å²) in [5.74, 6) is 0.637. The Balaban J connectivity index is 1.66. The van der Waals surface area contributed by atoms with Gasteiger partial charge in [0.15, 0.2) is 0 Å². The molecule has 3 unspecified atom stereocenters. The van der Waals surface area contributed by atoms with E-state index in [1.807, 2.05) is 0 Å². The number of carbonyl (C=O) groups is 1. The molecule has 2 N–H and O–H groups in total. The SMILES string of the molecule is O=C(Nc1cccc(Cl)c1Cl)C1CC2CCCCC2N1. The minimum absolute atomic E-state index is 0.0106. The molecule has 5 heteroatoms. The number of rotatable bonds is 2. The first-order valence-corrected chi connectivity index (χ1v) is 7.91. The van der Waals surface area contributed by atoms with Crippen molar-refractivity contribution in [2.45, 2.75) is 44.2 Å². The molecule has 1 aromatic rings. The molecule has 1 saturated heterocycles. The Labute approximate surface area is 129 Å². The molecule has 1 saturated carbocycles. The predicted molar refractivity (Wildman–Crippen MR) is 82.4 cm³/mol. The molecule has 2 aliphatic rings. The van der Waals surface area contributed by atoms with Crippen LogP contribution in [0, 0.1) is 5.92 Å². The summed E-state index contributed by atoms with van der Waals surface area (Å²) in [6, 6.07) is 5.66. The second-order valence-electron chi connectivity index (χ2n) is 5.70. The summed E-state index contributed by atoms with van der Waals surface area (Å²) in [7, 11) is 0. The smallest absolute Gasteiger partial charge is 0.241 e. The number of carbonyl (C=O) groups excluding carboxylic acids is 1. The molecule has 1 aliphatic heterocycles. The van der Waals surface area contributed by atoms with Gasteiger partial charge in [-0.3, -0.25) is 4.79 Å². The highest BCUT2D eigenvalue weighted by atomic mass is 35.5. The van der Waals surface area contributed by atoms with Crippen molar-refractivity contribution < 1.29 is 4.79 Å². The molecule has 0 spiro atoms. The van der Waals surface area contributed by atoms with Crippen LogP contribution >= 0.6 is 23.2 Å². The molecule has 0 aromatic heterocycles. The normalized spacial score (nSPS) is 29.0. The lowest BCUT2D eigenvalue weighted by Crippen LogP contribution is -2.39. The average Bonchev–Trinajstić information content (AvgIpc) is 2.88. The maximum Gasteiger partial charge on any atom is 0.241 e. The molecule has 2 fully saturated rings. The number of halogens is 2. The molecule has 0 bridgehead atoms. The molecule has 108 valence electrons. The molecule has 1 aromatic carbocycles. The van der Waals surface area contributed by atoms with Gasteiger partial charge in [0, 0.05) is 6.04 Å². The summed E-state index contributed by atoms with van der Waals surface area (Å²) in [5, 5.41) is 7.20. The topological polar surface area (TPSA) is 41.1 Å². The third-order valence-electron chi connectivity index (χ3n) is 4.39. The van der Waals surface area contributed by atoms with E-state index >= 15 is 0 Å². The van der Waals surface area contributed by atoms with Gasteiger partial charge in [-0.2, -0.15) is 0 Å². The van der Waals surface area contributed by atoms with Crippen LogP contribution in [0.2, 0.25) is 10.0 Å². The van der Waals surface area contributed by atoms with E-state index in [1.54, 1.807) is 18.2 Å². The van der Waals surface area contributed by atoms with Crippen molar-refractivity contribution in [3.05, 3.63) is 28.2 Å². The fraction of sp³-hybridized carbons (Fsp3) is 0.533. The lowest BCUT2D eigenvalue weighted by Gasteiger charge is -2.24. The van der Waals surface area contributed by atoms with E-state index in [0.717, 1.165) is 6.42 Å². The maximum absolute atomic E-state index is 12.3. The maximum atomic E-state index is 12.3. The van der Waals surface area contributed by atoms with Crippen molar-refractivity contribution in [3.8, 4) is 0 Å². The standard InChI is InChI=1S/C15H18Cl2N2O/c16-10-5-3-7-12(14(10)17)19-15(20)13-8-9-4-1-2-6-11(9)18-13/h3,5,7,9,11,13,18H,1-2,4,6,8H2,(H,19,20). The van der Waals surface area contributed by atoms with E-state index in [4.69, 9.17) is 23.2 Å². The van der Waals surface area contributed by atoms with Crippen molar-refractivity contribution >= 4 is 34.8 Å². The van der Waals surface area contributed by atoms with E-state index < -0.39 is 0 Å². The van der Waals surface area contributed by atoms with Crippen LogP contribution in [0.5, 0.6) is 0 Å². The van der Waals surface area contributed by atoms with Crippen LogP contribution in [0.25, 0.3) is 0 Å². The van der Waals surface area contributed by atoms with Gasteiger partial charge >= 0.3 is 0 Å². The molecule has 1 amide bonds. The first-order valence-electron chi connectivity index (χ1n) is 7.16. The lowest BCUT2D eigenvalue weighted by atomic mass is 9.85. The number of amides is 1. The second-order valence-corrected chi connectivity index (χ2v) is 6.48. The number of fused-ring (bicyclic) bond motifs is 1. The lowest BCUT2D eigenvalue weighted by molar-refractivity contribution is -0.117. The molecule has 3 atom stereocenters. The molecular weight excluding hydrogens is 295 g/mol. The van der Waals surface area contributed by atoms with Crippen LogP contribution in [-0.2, 0) is 4.79 Å². The van der Waals surface area contributed by atoms with Gasteiger partial charge in [-0.25, -0.2) is 0 Å². The van der Waals surface area contributed by atoms with Gasteiger partial charge in [-0.15, -0.1) is 0 Å². The van der Waals surface area contributed by atoms with Gasteiger partial charge in [-0.05, 0) is 37.3 Å². The molecule has 1 aliphatic carbocycles. The van der Waals surface area contributed by atoms with Crippen molar-refractivity contribution in [2.75, 3.05) is 5.32 Å². The summed E-state index contributed by atoms with van der Waals surface area (Å²) in [4.78, 5) is 12.3. The van der Waals surface area contributed by atoms with Gasteiger partial charge in [0.1, 0.15) is 0 Å². The first-order chi connectivity index (χ1) is 9.65. The quantitative estimate of drug-likeness (QED) is 0.870. The summed E-state index contributed by atoms with van der Waals surface area (Å²) >= 11 is 12.1. The molecular formula is C15H18Cl2N2O. The van der Waals surface area contributed by atoms with Crippen LogP contribution in [0.3, 0.4) is 0 Å². The molecule has 20 heavy (non-hydrogen) atoms. The Hall–Kier alpha value is -0.770. The van der Waals surface area contributed by atoms with Crippen molar-refractivity contribution in [1.82, 2.24) is 5.32 Å². The van der Waals surface area contributed by atoms with Gasteiger partial charge in [0.25, 0.3) is 0 Å². The largest absolute Gasteiger partial charge is 0.323 e. The summed E-state index contributed by atoms with van der Waals surface area (Å²) < 4.78 is 0. The zero-order valence-electron chi connectivity index (χ0n) is 11.2. The van der Waals surface area contributed by atoms with Gasteiger partial charge < -0.3 is 10.6 Å². The Bertz CT molecular complexity index is 507. The summed E-state index contributed by atoms with van der Waals surface area (Å²) in [6.45, 7) is 0. The van der Waals surface area contributed by atoms with Gasteiger partial charge in [0.2, 0.25) is 5.91 Å². The van der Waals surface area contributed by atoms with Crippen molar-refractivity contribution in [2.24, 2.45) is 5.92 Å². The Kier molecular flexibility index (Phi) is 4.20. The third-order valence-corrected chi connectivity index (χ3v) is 5.21. The Morgan fingerprint density at radius 1 is 1.25 bits per heavy atom. The van der Waals surface area contributed by atoms with Crippen LogP contribution in [0.4, 0.5) is 5.69 Å². The summed E-state index contributed by atoms with van der Waals surface area (Å²) in [5.41, 5.74) is 0.584. The highest BCUT2D eigenvalue weighted by molar-refractivity contribution is 6.44. The summed E-state index contributed by atoms with van der Waals surface area (Å²) in [6.07, 6.45) is 5.90. The van der Waals surface area contributed by atoms with Crippen molar-refractivity contribution in [3.63, 3.8) is 0 Å². The Morgan fingerprint density at radius 3 is 2.85 bits per heavy atom. The van der Waals surface area contributed by atoms with E-state index in [9.17, 15) is 4.79 Å². The number of hydrogen-bond donors (Lipinski definition) is 2. The van der Waals surface area contributed by atoms with Gasteiger partial charge in [0.05, 0.1) is 21.8 Å². The minimum atomic E-state index is -0.113. The zero-order valence-corrected chi connectivity index (χ0v) is 12.7. The van der Waals surface area contributed by atoms with Crippen LogP contribution in [0.1, 0.15) is 32.1 Å². The van der Waals surface area contributed by atoms with Gasteiger partial charge in [-0.1, -0.05) is 42.1 Å². The molecule has 0 radical (unpaired) electrons. The number of anilines is 1. The fourth-order valence-electron chi connectivity index (χ4n) is 3.34. The number of nitrogens with one attached hydrogen (secondary N) is 2. The van der Waals surface area contributed by atoms with E-state index in [-0.39, 0.29) is 11.9 Å². The number of hydrogen-bond acceptors (Lipinski definition) is 2. The highest BCUT2D eigenvalue weighted by Gasteiger charge is 2.38. The zero-order chi connectivity index (χ0) is 14.1. The van der Waals surface area contributed by atoms with Crippen LogP contribution < -0.4 is 10.6 Å². The minimum Gasteiger partial charge on any atom is -0.323 e. The van der Waals surface area contributed by atoms with Crippen LogP contribution in [0.15, 0.2) is 18.2 Å². The van der Waals surface area contributed by atoms with E-state index in [1.165, 1.54) is 25.7 Å². The monoisotopic (exact) mass is 312 g/mol. The predicted octanol–water partition coefficient (Wildman–Crippen LogP) is 3.85. The second kappa shape index (κ2) is 5.92. The molecule has 1 heterocycles. The molecule has 3 nitrogen and oxygen atoms in total. The highest BCUT2D eigenvalue weighted by Crippen LogP contribution is 2.34.